The summed E-state index contributed by atoms with van der Waals surface area (Å²) in [5.41, 5.74) is 1.14. The number of nitrogens with zero attached hydrogens (tertiary/aromatic N) is 1. The van der Waals surface area contributed by atoms with Gasteiger partial charge in [-0.3, -0.25) is 9.89 Å². The summed E-state index contributed by atoms with van der Waals surface area (Å²) in [6, 6.07) is 0. The lowest BCUT2D eigenvalue weighted by Gasteiger charge is -2.20. The van der Waals surface area contributed by atoms with Crippen molar-refractivity contribution in [1.29, 1.82) is 0 Å². The molecular formula is C8H11N3O. The van der Waals surface area contributed by atoms with Crippen molar-refractivity contribution in [2.45, 2.75) is 18.8 Å². The fourth-order valence-corrected chi connectivity index (χ4v) is 1.55. The molecule has 2 rings (SSSR count). The van der Waals surface area contributed by atoms with Gasteiger partial charge in [0.2, 0.25) is 5.91 Å². The van der Waals surface area contributed by atoms with E-state index in [1.807, 2.05) is 6.20 Å². The summed E-state index contributed by atoms with van der Waals surface area (Å²) in [6.07, 6.45) is 5.28. The Morgan fingerprint density at radius 2 is 2.50 bits per heavy atom. The zero-order chi connectivity index (χ0) is 8.39. The number of piperidine rings is 1. The van der Waals surface area contributed by atoms with Gasteiger partial charge < -0.3 is 5.32 Å². The Labute approximate surface area is 70.4 Å². The van der Waals surface area contributed by atoms with Gasteiger partial charge in [-0.05, 0) is 17.9 Å². The van der Waals surface area contributed by atoms with Crippen LogP contribution in [-0.4, -0.2) is 22.6 Å². The predicted octanol–water partition coefficient (Wildman–Crippen LogP) is 0.403. The first-order valence-corrected chi connectivity index (χ1v) is 4.11. The van der Waals surface area contributed by atoms with E-state index < -0.39 is 0 Å². The van der Waals surface area contributed by atoms with E-state index in [1.54, 1.807) is 6.20 Å². The highest BCUT2D eigenvalue weighted by Crippen LogP contribution is 2.23. The molecule has 1 aromatic heterocycles. The number of amides is 1. The number of rotatable bonds is 1. The second-order valence-corrected chi connectivity index (χ2v) is 3.07. The number of hydrogen-bond acceptors (Lipinski definition) is 2. The summed E-state index contributed by atoms with van der Waals surface area (Å²) in [6.45, 7) is 0.786. The molecule has 1 aromatic rings. The summed E-state index contributed by atoms with van der Waals surface area (Å²) in [5.74, 6) is 0.505. The molecular weight excluding hydrogens is 154 g/mol. The van der Waals surface area contributed by atoms with E-state index in [0.717, 1.165) is 18.5 Å². The Morgan fingerprint density at radius 3 is 3.17 bits per heavy atom. The van der Waals surface area contributed by atoms with Gasteiger partial charge in [-0.15, -0.1) is 0 Å². The normalized spacial score (nSPS) is 23.7. The Morgan fingerprint density at radius 1 is 1.58 bits per heavy atom. The maximum absolute atomic E-state index is 11.0. The van der Waals surface area contributed by atoms with Gasteiger partial charge in [-0.2, -0.15) is 5.10 Å². The number of nitrogens with one attached hydrogen (secondary N) is 2. The van der Waals surface area contributed by atoms with Gasteiger partial charge in [-0.25, -0.2) is 0 Å². The Bertz CT molecular complexity index is 268. The molecule has 4 nitrogen and oxygen atoms in total. The van der Waals surface area contributed by atoms with E-state index in [2.05, 4.69) is 15.5 Å². The number of carbonyl (C=O) groups is 1. The maximum atomic E-state index is 11.0. The van der Waals surface area contributed by atoms with E-state index in [4.69, 9.17) is 0 Å². The van der Waals surface area contributed by atoms with Crippen LogP contribution in [0.1, 0.15) is 24.3 Å². The maximum Gasteiger partial charge on any atom is 0.220 e. The van der Waals surface area contributed by atoms with Crippen LogP contribution in [0.5, 0.6) is 0 Å². The quantitative estimate of drug-likeness (QED) is 0.633. The lowest BCUT2D eigenvalue weighted by Crippen LogP contribution is -2.32. The fraction of sp³-hybridized carbons (Fsp3) is 0.500. The van der Waals surface area contributed by atoms with Crippen LogP contribution in [0.4, 0.5) is 0 Å². The topological polar surface area (TPSA) is 57.8 Å². The first-order chi connectivity index (χ1) is 5.86. The molecule has 64 valence electrons. The highest BCUT2D eigenvalue weighted by Gasteiger charge is 2.20. The highest BCUT2D eigenvalue weighted by molar-refractivity contribution is 5.77. The zero-order valence-electron chi connectivity index (χ0n) is 6.71. The molecule has 0 spiro atoms. The zero-order valence-corrected chi connectivity index (χ0v) is 6.71. The SMILES string of the molecule is O=C1C[C@H](c2cn[nH]c2)CCN1. The molecule has 12 heavy (non-hydrogen) atoms. The van der Waals surface area contributed by atoms with Crippen LogP contribution < -0.4 is 5.32 Å². The summed E-state index contributed by atoms with van der Waals surface area (Å²) >= 11 is 0. The third kappa shape index (κ3) is 1.32. The molecule has 4 heteroatoms. The highest BCUT2D eigenvalue weighted by atomic mass is 16.1. The number of hydrogen-bond donors (Lipinski definition) is 2. The predicted molar refractivity (Wildman–Crippen MR) is 43.6 cm³/mol. The molecule has 0 bridgehead atoms. The largest absolute Gasteiger partial charge is 0.356 e. The van der Waals surface area contributed by atoms with Crippen LogP contribution in [0.2, 0.25) is 0 Å². The van der Waals surface area contributed by atoms with Gasteiger partial charge >= 0.3 is 0 Å². The molecule has 0 radical (unpaired) electrons. The molecule has 0 saturated carbocycles. The molecule has 2 heterocycles. The summed E-state index contributed by atoms with van der Waals surface area (Å²) in [5, 5.41) is 9.43. The summed E-state index contributed by atoms with van der Waals surface area (Å²) < 4.78 is 0. The minimum Gasteiger partial charge on any atom is -0.356 e. The molecule has 1 aliphatic heterocycles. The fourth-order valence-electron chi connectivity index (χ4n) is 1.55. The van der Waals surface area contributed by atoms with Crippen molar-refractivity contribution in [3.05, 3.63) is 18.0 Å². The van der Waals surface area contributed by atoms with Crippen molar-refractivity contribution >= 4 is 5.91 Å². The van der Waals surface area contributed by atoms with Gasteiger partial charge in [0, 0.05) is 19.2 Å². The van der Waals surface area contributed by atoms with Crippen LogP contribution in [0.25, 0.3) is 0 Å². The van der Waals surface area contributed by atoms with Crippen LogP contribution in [-0.2, 0) is 4.79 Å². The van der Waals surface area contributed by atoms with E-state index in [9.17, 15) is 4.79 Å². The van der Waals surface area contributed by atoms with Crippen LogP contribution >= 0.6 is 0 Å². The second-order valence-electron chi connectivity index (χ2n) is 3.07. The Balaban J connectivity index is 2.09. The van der Waals surface area contributed by atoms with Crippen LogP contribution in [0.15, 0.2) is 12.4 Å². The Hall–Kier alpha value is -1.32. The van der Waals surface area contributed by atoms with E-state index >= 15 is 0 Å². The smallest absolute Gasteiger partial charge is 0.220 e. The number of carbonyl (C=O) groups excluding carboxylic acids is 1. The lowest BCUT2D eigenvalue weighted by molar-refractivity contribution is -0.122. The molecule has 2 N–H and O–H groups in total. The second kappa shape index (κ2) is 2.97. The van der Waals surface area contributed by atoms with E-state index in [-0.39, 0.29) is 5.91 Å². The molecule has 1 saturated heterocycles. The molecule has 1 atom stereocenters. The van der Waals surface area contributed by atoms with Crippen molar-refractivity contribution in [3.8, 4) is 0 Å². The summed E-state index contributed by atoms with van der Waals surface area (Å²) in [4.78, 5) is 11.0. The van der Waals surface area contributed by atoms with E-state index in [1.165, 1.54) is 0 Å². The monoisotopic (exact) mass is 165 g/mol. The third-order valence-corrected chi connectivity index (χ3v) is 2.24. The van der Waals surface area contributed by atoms with Crippen molar-refractivity contribution in [1.82, 2.24) is 15.5 Å². The summed E-state index contributed by atoms with van der Waals surface area (Å²) in [7, 11) is 0. The first kappa shape index (κ1) is 7.34. The minimum atomic E-state index is 0.146. The van der Waals surface area contributed by atoms with Crippen molar-refractivity contribution < 1.29 is 4.79 Å². The Kier molecular flexibility index (Phi) is 1.81. The van der Waals surface area contributed by atoms with Gasteiger partial charge in [-0.1, -0.05) is 0 Å². The third-order valence-electron chi connectivity index (χ3n) is 2.24. The molecule has 0 aliphatic carbocycles. The average Bonchev–Trinajstić information content (AvgIpc) is 2.56. The number of aromatic nitrogens is 2. The molecule has 1 aliphatic rings. The number of H-pyrrole nitrogens is 1. The average molecular weight is 165 g/mol. The van der Waals surface area contributed by atoms with Crippen LogP contribution in [0.3, 0.4) is 0 Å². The van der Waals surface area contributed by atoms with Gasteiger partial charge in [0.05, 0.1) is 6.20 Å². The molecule has 0 unspecified atom stereocenters. The molecule has 1 amide bonds. The van der Waals surface area contributed by atoms with Gasteiger partial charge in [0.1, 0.15) is 0 Å². The van der Waals surface area contributed by atoms with Crippen LogP contribution in [0, 0.1) is 0 Å². The van der Waals surface area contributed by atoms with Crippen molar-refractivity contribution in [2.75, 3.05) is 6.54 Å². The standard InChI is InChI=1S/C8H11N3O/c12-8-3-6(1-2-9-8)7-4-10-11-5-7/h4-6H,1-3H2,(H,9,12)(H,10,11)/t6-/m1/s1. The number of aromatic amines is 1. The molecule has 1 fully saturated rings. The van der Waals surface area contributed by atoms with Crippen molar-refractivity contribution in [3.63, 3.8) is 0 Å². The van der Waals surface area contributed by atoms with E-state index in [0.29, 0.717) is 12.3 Å². The van der Waals surface area contributed by atoms with Gasteiger partial charge in [0.15, 0.2) is 0 Å². The first-order valence-electron chi connectivity index (χ1n) is 4.11. The molecule has 0 aromatic carbocycles. The van der Waals surface area contributed by atoms with Crippen molar-refractivity contribution in [2.24, 2.45) is 0 Å². The minimum absolute atomic E-state index is 0.146. The lowest BCUT2D eigenvalue weighted by atomic mass is 9.92. The van der Waals surface area contributed by atoms with Gasteiger partial charge in [0.25, 0.3) is 0 Å².